The molecule has 2 atom stereocenters. The van der Waals surface area contributed by atoms with Crippen LogP contribution in [-0.2, 0) is 0 Å². The van der Waals surface area contributed by atoms with Gasteiger partial charge in [0.15, 0.2) is 5.82 Å². The van der Waals surface area contributed by atoms with E-state index in [0.29, 0.717) is 37.3 Å². The molecule has 3 aliphatic heterocycles. The van der Waals surface area contributed by atoms with E-state index in [1.807, 2.05) is 17.0 Å². The van der Waals surface area contributed by atoms with Crippen molar-refractivity contribution in [3.8, 4) is 6.01 Å². The monoisotopic (exact) mass is 533 g/mol. The SMILES string of the molecule is Fc1cc2c(N3CC(c4ccncc4)C3)nc(OC[C@@]34CCCN3C[C@H](F)C4)nc2c(F)c1Br. The molecule has 10 heteroatoms. The number of benzene rings is 1. The summed E-state index contributed by atoms with van der Waals surface area (Å²) in [5, 5.41) is 0.295. The second-order valence-corrected chi connectivity index (χ2v) is 10.3. The lowest BCUT2D eigenvalue weighted by Gasteiger charge is -2.41. The second-order valence-electron chi connectivity index (χ2n) is 9.46. The van der Waals surface area contributed by atoms with Crippen LogP contribution in [-0.4, -0.2) is 64.3 Å². The third kappa shape index (κ3) is 3.62. The number of hydrogen-bond donors (Lipinski definition) is 0. The number of hydrogen-bond acceptors (Lipinski definition) is 6. The quantitative estimate of drug-likeness (QED) is 0.446. The number of rotatable bonds is 5. The predicted molar refractivity (Wildman–Crippen MR) is 125 cm³/mol. The Labute approximate surface area is 203 Å². The first-order valence-corrected chi connectivity index (χ1v) is 12.2. The van der Waals surface area contributed by atoms with Crippen LogP contribution in [0.5, 0.6) is 6.01 Å². The molecule has 3 saturated heterocycles. The van der Waals surface area contributed by atoms with Crippen LogP contribution in [0.25, 0.3) is 10.9 Å². The van der Waals surface area contributed by atoms with E-state index >= 15 is 4.39 Å². The molecule has 0 bridgehead atoms. The Kier molecular flexibility index (Phi) is 5.40. The molecule has 0 unspecified atom stereocenters. The zero-order valence-corrected chi connectivity index (χ0v) is 19.9. The summed E-state index contributed by atoms with van der Waals surface area (Å²) >= 11 is 2.97. The van der Waals surface area contributed by atoms with Gasteiger partial charge in [-0.2, -0.15) is 9.97 Å². The minimum absolute atomic E-state index is 0.00351. The molecule has 6 rings (SSSR count). The molecule has 1 aromatic carbocycles. The smallest absolute Gasteiger partial charge is 0.319 e. The zero-order chi connectivity index (χ0) is 23.4. The maximum atomic E-state index is 15.0. The maximum absolute atomic E-state index is 15.0. The van der Waals surface area contributed by atoms with Crippen molar-refractivity contribution < 1.29 is 17.9 Å². The molecule has 0 saturated carbocycles. The first kappa shape index (κ1) is 22.0. The van der Waals surface area contributed by atoms with Gasteiger partial charge >= 0.3 is 6.01 Å². The molecule has 178 valence electrons. The number of anilines is 1. The van der Waals surface area contributed by atoms with Gasteiger partial charge < -0.3 is 9.64 Å². The van der Waals surface area contributed by atoms with Gasteiger partial charge in [0, 0.05) is 49.8 Å². The Morgan fingerprint density at radius 1 is 1.15 bits per heavy atom. The van der Waals surface area contributed by atoms with Crippen LogP contribution in [0, 0.1) is 11.6 Å². The summed E-state index contributed by atoms with van der Waals surface area (Å²) in [6.45, 7) is 2.80. The van der Waals surface area contributed by atoms with E-state index in [-0.39, 0.29) is 34.1 Å². The number of halogens is 4. The molecular formula is C24H23BrF3N5O. The van der Waals surface area contributed by atoms with Gasteiger partial charge in [-0.25, -0.2) is 13.2 Å². The summed E-state index contributed by atoms with van der Waals surface area (Å²) in [5.74, 6) is -0.796. The molecule has 5 heterocycles. The highest BCUT2D eigenvalue weighted by Crippen LogP contribution is 2.41. The predicted octanol–water partition coefficient (Wildman–Crippen LogP) is 4.62. The van der Waals surface area contributed by atoms with Crippen molar-refractivity contribution in [3.63, 3.8) is 0 Å². The minimum atomic E-state index is -0.875. The van der Waals surface area contributed by atoms with Crippen molar-refractivity contribution in [3.05, 3.63) is 52.3 Å². The van der Waals surface area contributed by atoms with E-state index in [9.17, 15) is 8.78 Å². The number of nitrogens with zero attached hydrogens (tertiary/aromatic N) is 5. The first-order chi connectivity index (χ1) is 16.4. The highest BCUT2D eigenvalue weighted by Gasteiger charge is 2.49. The third-order valence-electron chi connectivity index (χ3n) is 7.38. The van der Waals surface area contributed by atoms with E-state index < -0.39 is 17.8 Å². The molecule has 0 radical (unpaired) electrons. The van der Waals surface area contributed by atoms with Crippen molar-refractivity contribution in [1.29, 1.82) is 0 Å². The second kappa shape index (κ2) is 8.34. The van der Waals surface area contributed by atoms with E-state index in [1.165, 1.54) is 6.07 Å². The Balaban J connectivity index is 1.32. The summed E-state index contributed by atoms with van der Waals surface area (Å²) < 4.78 is 49.3. The highest BCUT2D eigenvalue weighted by molar-refractivity contribution is 9.10. The van der Waals surface area contributed by atoms with Gasteiger partial charge in [0.05, 0.1) is 10.0 Å². The Morgan fingerprint density at radius 3 is 2.74 bits per heavy atom. The fourth-order valence-corrected chi connectivity index (χ4v) is 5.89. The van der Waals surface area contributed by atoms with Crippen molar-refractivity contribution in [2.75, 3.05) is 37.7 Å². The molecule has 0 N–H and O–H groups in total. The third-order valence-corrected chi connectivity index (χ3v) is 8.10. The van der Waals surface area contributed by atoms with Gasteiger partial charge in [0.2, 0.25) is 0 Å². The molecule has 6 nitrogen and oxygen atoms in total. The summed E-state index contributed by atoms with van der Waals surface area (Å²) in [6, 6.07) is 5.22. The maximum Gasteiger partial charge on any atom is 0.319 e. The van der Waals surface area contributed by atoms with E-state index in [2.05, 4.69) is 35.8 Å². The van der Waals surface area contributed by atoms with Crippen LogP contribution in [0.3, 0.4) is 0 Å². The van der Waals surface area contributed by atoms with Gasteiger partial charge in [-0.1, -0.05) is 0 Å². The van der Waals surface area contributed by atoms with Crippen molar-refractivity contribution in [2.45, 2.75) is 36.9 Å². The van der Waals surface area contributed by atoms with Gasteiger partial charge in [-0.05, 0) is 59.1 Å². The molecule has 3 aromatic rings. The minimum Gasteiger partial charge on any atom is -0.461 e. The Bertz CT molecular complexity index is 1240. The molecule has 0 amide bonds. The number of fused-ring (bicyclic) bond motifs is 2. The van der Waals surface area contributed by atoms with Crippen LogP contribution in [0.4, 0.5) is 19.0 Å². The topological polar surface area (TPSA) is 54.4 Å². The number of aromatic nitrogens is 3. The van der Waals surface area contributed by atoms with Gasteiger partial charge in [0.1, 0.15) is 29.9 Å². The van der Waals surface area contributed by atoms with Crippen LogP contribution in [0.15, 0.2) is 35.1 Å². The summed E-state index contributed by atoms with van der Waals surface area (Å²) in [6.07, 6.45) is 4.88. The van der Waals surface area contributed by atoms with Crippen molar-refractivity contribution >= 4 is 32.7 Å². The van der Waals surface area contributed by atoms with Crippen LogP contribution in [0.1, 0.15) is 30.7 Å². The van der Waals surface area contributed by atoms with Crippen LogP contribution >= 0.6 is 15.9 Å². The average Bonchev–Trinajstić information content (AvgIpc) is 3.32. The fraction of sp³-hybridized carbons (Fsp3) is 0.458. The number of ether oxygens (including phenoxy) is 1. The standard InChI is InChI=1S/C24H23BrF3N5O/c25-19-18(27)8-17-21(20(19)28)30-23(34-13-24-4-1-7-33(24)12-16(26)9-24)31-22(17)32-10-15(11-32)14-2-5-29-6-3-14/h2-3,5-6,8,15-16H,1,4,7,9-13H2/t16-,24+/m1/s1. The zero-order valence-electron chi connectivity index (χ0n) is 18.4. The van der Waals surface area contributed by atoms with Crippen molar-refractivity contribution in [2.24, 2.45) is 0 Å². The number of alkyl halides is 1. The molecule has 3 fully saturated rings. The molecular weight excluding hydrogens is 511 g/mol. The lowest BCUT2D eigenvalue weighted by atomic mass is 9.92. The van der Waals surface area contributed by atoms with Gasteiger partial charge in [-0.15, -0.1) is 0 Å². The van der Waals surface area contributed by atoms with E-state index in [1.54, 1.807) is 12.4 Å². The molecule has 3 aliphatic rings. The number of pyridine rings is 1. The Morgan fingerprint density at radius 2 is 1.94 bits per heavy atom. The van der Waals surface area contributed by atoms with Gasteiger partial charge in [0.25, 0.3) is 0 Å². The lowest BCUT2D eigenvalue weighted by Crippen LogP contribution is -2.46. The lowest BCUT2D eigenvalue weighted by molar-refractivity contribution is 0.107. The molecule has 0 aliphatic carbocycles. The highest BCUT2D eigenvalue weighted by atomic mass is 79.9. The normalized spacial score (nSPS) is 25.1. The Hall–Kier alpha value is -2.46. The molecule has 2 aromatic heterocycles. The summed E-state index contributed by atoms with van der Waals surface area (Å²) in [7, 11) is 0. The molecule has 0 spiro atoms. The van der Waals surface area contributed by atoms with E-state index in [4.69, 9.17) is 4.74 Å². The largest absolute Gasteiger partial charge is 0.461 e. The van der Waals surface area contributed by atoms with Crippen LogP contribution in [0.2, 0.25) is 0 Å². The first-order valence-electron chi connectivity index (χ1n) is 11.5. The summed E-state index contributed by atoms with van der Waals surface area (Å²) in [4.78, 5) is 17.0. The van der Waals surface area contributed by atoms with Crippen LogP contribution < -0.4 is 9.64 Å². The average molecular weight is 534 g/mol. The fourth-order valence-electron chi connectivity index (χ4n) is 5.59. The van der Waals surface area contributed by atoms with Gasteiger partial charge in [-0.3, -0.25) is 9.88 Å². The molecule has 34 heavy (non-hydrogen) atoms. The van der Waals surface area contributed by atoms with E-state index in [0.717, 1.165) is 24.9 Å². The van der Waals surface area contributed by atoms with Crippen molar-refractivity contribution in [1.82, 2.24) is 19.9 Å². The summed E-state index contributed by atoms with van der Waals surface area (Å²) in [5.41, 5.74) is 0.781.